The Morgan fingerprint density at radius 2 is 1.62 bits per heavy atom. The van der Waals surface area contributed by atoms with Crippen LogP contribution in [-0.4, -0.2) is 20.7 Å². The van der Waals surface area contributed by atoms with Crippen LogP contribution in [0.3, 0.4) is 0 Å². The molecule has 0 atom stereocenters. The van der Waals surface area contributed by atoms with Gasteiger partial charge in [0.1, 0.15) is 6.54 Å². The van der Waals surface area contributed by atoms with Crippen molar-refractivity contribution in [1.82, 2.24) is 14.8 Å². The van der Waals surface area contributed by atoms with Crippen LogP contribution in [0.5, 0.6) is 0 Å². The van der Waals surface area contributed by atoms with Crippen LogP contribution in [0.2, 0.25) is 0 Å². The van der Waals surface area contributed by atoms with Crippen LogP contribution in [0, 0.1) is 0 Å². The lowest BCUT2D eigenvalue weighted by atomic mass is 10.0. The van der Waals surface area contributed by atoms with Gasteiger partial charge >= 0.3 is 0 Å². The number of aromatic nitrogens is 3. The van der Waals surface area contributed by atoms with Crippen molar-refractivity contribution in [1.29, 1.82) is 0 Å². The summed E-state index contributed by atoms with van der Waals surface area (Å²) in [5.41, 5.74) is 3.60. The van der Waals surface area contributed by atoms with Gasteiger partial charge in [0.15, 0.2) is 0 Å². The van der Waals surface area contributed by atoms with Crippen LogP contribution < -0.4 is 10.9 Å². The lowest BCUT2D eigenvalue weighted by molar-refractivity contribution is -0.117. The number of hydrogen-bond acceptors (Lipinski definition) is 4. The number of benzene rings is 2. The Morgan fingerprint density at radius 1 is 0.862 bits per heavy atom. The highest BCUT2D eigenvalue weighted by molar-refractivity contribution is 5.95. The van der Waals surface area contributed by atoms with Gasteiger partial charge in [-0.15, -0.1) is 0 Å². The quantitative estimate of drug-likeness (QED) is 0.572. The van der Waals surface area contributed by atoms with E-state index >= 15 is 0 Å². The molecule has 29 heavy (non-hydrogen) atoms. The molecule has 0 spiro atoms. The molecule has 0 saturated carbocycles. The standard InChI is InChI=1S/C23H18N4O2/c28-22(25-21-11-5-4-10-19(21)17-7-2-1-3-8-17)16-27-23(29)13-12-20(26-27)18-9-6-14-24-15-18/h1-15H,16H2,(H,25,28). The average Bonchev–Trinajstić information content (AvgIpc) is 2.77. The van der Waals surface area contributed by atoms with Crippen LogP contribution in [0.1, 0.15) is 0 Å². The zero-order chi connectivity index (χ0) is 20.1. The third-order valence-electron chi connectivity index (χ3n) is 4.40. The first-order valence-corrected chi connectivity index (χ1v) is 9.13. The van der Waals surface area contributed by atoms with E-state index in [1.165, 1.54) is 6.07 Å². The molecule has 6 heteroatoms. The van der Waals surface area contributed by atoms with Gasteiger partial charge in [-0.3, -0.25) is 14.6 Å². The number of pyridine rings is 1. The molecule has 2 heterocycles. The first-order chi connectivity index (χ1) is 14.2. The van der Waals surface area contributed by atoms with Crippen LogP contribution in [0.25, 0.3) is 22.4 Å². The molecule has 0 saturated heterocycles. The van der Waals surface area contributed by atoms with E-state index in [0.29, 0.717) is 11.4 Å². The van der Waals surface area contributed by atoms with Gasteiger partial charge < -0.3 is 5.32 Å². The van der Waals surface area contributed by atoms with Gasteiger partial charge in [-0.1, -0.05) is 48.5 Å². The Morgan fingerprint density at radius 3 is 2.41 bits per heavy atom. The van der Waals surface area contributed by atoms with Crippen LogP contribution >= 0.6 is 0 Å². The molecule has 1 N–H and O–H groups in total. The Kier molecular flexibility index (Phi) is 5.25. The summed E-state index contributed by atoms with van der Waals surface area (Å²) in [7, 11) is 0. The maximum Gasteiger partial charge on any atom is 0.267 e. The van der Waals surface area contributed by atoms with E-state index in [0.717, 1.165) is 21.4 Å². The molecular weight excluding hydrogens is 364 g/mol. The molecule has 1 amide bonds. The molecule has 0 aliphatic rings. The molecule has 4 rings (SSSR count). The first-order valence-electron chi connectivity index (χ1n) is 9.13. The van der Waals surface area contributed by atoms with Crippen LogP contribution in [0.15, 0.2) is 96.1 Å². The van der Waals surface area contributed by atoms with Crippen molar-refractivity contribution in [2.45, 2.75) is 6.54 Å². The Labute approximate surface area is 167 Å². The fourth-order valence-corrected chi connectivity index (χ4v) is 3.02. The Bertz CT molecular complexity index is 1190. The van der Waals surface area contributed by atoms with E-state index in [4.69, 9.17) is 0 Å². The molecule has 0 aliphatic carbocycles. The van der Waals surface area contributed by atoms with Crippen molar-refractivity contribution in [2.75, 3.05) is 5.32 Å². The monoisotopic (exact) mass is 382 g/mol. The summed E-state index contributed by atoms with van der Waals surface area (Å²) in [6.07, 6.45) is 3.32. The molecular formula is C23H18N4O2. The van der Waals surface area contributed by atoms with Crippen molar-refractivity contribution >= 4 is 11.6 Å². The molecule has 0 radical (unpaired) electrons. The number of carbonyl (C=O) groups is 1. The van der Waals surface area contributed by atoms with E-state index in [2.05, 4.69) is 15.4 Å². The SMILES string of the molecule is O=C(Cn1nc(-c2cccnc2)ccc1=O)Nc1ccccc1-c1ccccc1. The zero-order valence-corrected chi connectivity index (χ0v) is 15.5. The second kappa shape index (κ2) is 8.31. The van der Waals surface area contributed by atoms with Gasteiger partial charge in [0, 0.05) is 35.3 Å². The van der Waals surface area contributed by atoms with E-state index in [9.17, 15) is 9.59 Å². The van der Waals surface area contributed by atoms with Crippen molar-refractivity contribution in [3.8, 4) is 22.4 Å². The lowest BCUT2D eigenvalue weighted by Crippen LogP contribution is -2.29. The van der Waals surface area contributed by atoms with Crippen molar-refractivity contribution in [3.05, 3.63) is 102 Å². The molecule has 2 aromatic heterocycles. The molecule has 6 nitrogen and oxygen atoms in total. The maximum atomic E-state index is 12.6. The number of carbonyl (C=O) groups excluding carboxylic acids is 1. The molecule has 0 unspecified atom stereocenters. The van der Waals surface area contributed by atoms with Gasteiger partial charge in [-0.05, 0) is 29.8 Å². The third-order valence-corrected chi connectivity index (χ3v) is 4.40. The number of amides is 1. The first kappa shape index (κ1) is 18.3. The van der Waals surface area contributed by atoms with E-state index in [-0.39, 0.29) is 18.0 Å². The van der Waals surface area contributed by atoms with E-state index in [1.807, 2.05) is 60.7 Å². The minimum Gasteiger partial charge on any atom is -0.324 e. The second-order valence-corrected chi connectivity index (χ2v) is 6.42. The predicted octanol–water partition coefficient (Wildman–Crippen LogP) is 3.61. The molecule has 0 fully saturated rings. The number of para-hydroxylation sites is 1. The fourth-order valence-electron chi connectivity index (χ4n) is 3.02. The highest BCUT2D eigenvalue weighted by atomic mass is 16.2. The highest BCUT2D eigenvalue weighted by Crippen LogP contribution is 2.27. The molecule has 142 valence electrons. The zero-order valence-electron chi connectivity index (χ0n) is 15.5. The fraction of sp³-hybridized carbons (Fsp3) is 0.0435. The number of rotatable bonds is 5. The smallest absolute Gasteiger partial charge is 0.267 e. The van der Waals surface area contributed by atoms with E-state index in [1.54, 1.807) is 24.5 Å². The molecule has 0 bridgehead atoms. The summed E-state index contributed by atoms with van der Waals surface area (Å²) >= 11 is 0. The van der Waals surface area contributed by atoms with Crippen LogP contribution in [0.4, 0.5) is 5.69 Å². The van der Waals surface area contributed by atoms with Crippen molar-refractivity contribution < 1.29 is 4.79 Å². The maximum absolute atomic E-state index is 12.6. The molecule has 4 aromatic rings. The average molecular weight is 382 g/mol. The normalized spacial score (nSPS) is 10.5. The summed E-state index contributed by atoms with van der Waals surface area (Å²) in [5, 5.41) is 7.20. The number of hydrogen-bond donors (Lipinski definition) is 1. The van der Waals surface area contributed by atoms with Gasteiger partial charge in [-0.2, -0.15) is 5.10 Å². The minimum absolute atomic E-state index is 0.184. The second-order valence-electron chi connectivity index (χ2n) is 6.42. The van der Waals surface area contributed by atoms with Gasteiger partial charge in [-0.25, -0.2) is 4.68 Å². The van der Waals surface area contributed by atoms with Gasteiger partial charge in [0.25, 0.3) is 5.56 Å². The summed E-state index contributed by atoms with van der Waals surface area (Å²) in [4.78, 5) is 28.9. The predicted molar refractivity (Wildman–Crippen MR) is 112 cm³/mol. The lowest BCUT2D eigenvalue weighted by Gasteiger charge is -2.12. The number of nitrogens with one attached hydrogen (secondary N) is 1. The third kappa shape index (κ3) is 4.27. The molecule has 0 aliphatic heterocycles. The van der Waals surface area contributed by atoms with Crippen molar-refractivity contribution in [3.63, 3.8) is 0 Å². The largest absolute Gasteiger partial charge is 0.324 e. The number of nitrogens with zero attached hydrogens (tertiary/aromatic N) is 3. The Balaban J connectivity index is 1.57. The summed E-state index contributed by atoms with van der Waals surface area (Å²) in [6.45, 7) is -0.184. The van der Waals surface area contributed by atoms with Crippen LogP contribution in [-0.2, 0) is 11.3 Å². The van der Waals surface area contributed by atoms with Gasteiger partial charge in [0.05, 0.1) is 5.69 Å². The van der Waals surface area contributed by atoms with Crippen molar-refractivity contribution in [2.24, 2.45) is 0 Å². The highest BCUT2D eigenvalue weighted by Gasteiger charge is 2.11. The summed E-state index contributed by atoms with van der Waals surface area (Å²) in [6, 6.07) is 24.0. The van der Waals surface area contributed by atoms with Gasteiger partial charge in [0.2, 0.25) is 5.91 Å². The van der Waals surface area contributed by atoms with E-state index < -0.39 is 0 Å². The number of anilines is 1. The Hall–Kier alpha value is -4.06. The molecule has 2 aromatic carbocycles. The summed E-state index contributed by atoms with van der Waals surface area (Å²) < 4.78 is 1.16. The minimum atomic E-state index is -0.343. The summed E-state index contributed by atoms with van der Waals surface area (Å²) in [5.74, 6) is -0.327. The topological polar surface area (TPSA) is 76.9 Å².